The molecule has 3 rings (SSSR count). The molecule has 0 spiro atoms. The summed E-state index contributed by atoms with van der Waals surface area (Å²) in [5.41, 5.74) is 2.72. The molecule has 0 aliphatic heterocycles. The summed E-state index contributed by atoms with van der Waals surface area (Å²) >= 11 is 0. The van der Waals surface area contributed by atoms with Crippen LogP contribution in [0.1, 0.15) is 17.0 Å². The summed E-state index contributed by atoms with van der Waals surface area (Å²) in [5, 5.41) is 10.3. The van der Waals surface area contributed by atoms with Crippen molar-refractivity contribution >= 4 is 17.3 Å². The third-order valence-electron chi connectivity index (χ3n) is 3.24. The van der Waals surface area contributed by atoms with Crippen LogP contribution in [0.5, 0.6) is 0 Å². The standard InChI is InChI=1S/C13H16N6O/c1-8-10(9(2)20-18-8)6-16-12-13-15-4-5-19(13)7-11(14-3)17-12/h4-5,7,14H,6H2,1-3H3,(H,16,17). The van der Waals surface area contributed by atoms with E-state index in [1.54, 1.807) is 6.20 Å². The second kappa shape index (κ2) is 4.84. The number of imidazole rings is 1. The number of anilines is 2. The monoisotopic (exact) mass is 272 g/mol. The zero-order chi connectivity index (χ0) is 14.1. The molecule has 0 unspecified atom stereocenters. The maximum atomic E-state index is 5.16. The van der Waals surface area contributed by atoms with Gasteiger partial charge in [0, 0.05) is 31.5 Å². The maximum absolute atomic E-state index is 5.16. The van der Waals surface area contributed by atoms with Crippen molar-refractivity contribution in [1.29, 1.82) is 0 Å². The van der Waals surface area contributed by atoms with Gasteiger partial charge in [-0.05, 0) is 13.8 Å². The van der Waals surface area contributed by atoms with Crippen molar-refractivity contribution in [2.24, 2.45) is 0 Å². The lowest BCUT2D eigenvalue weighted by Crippen LogP contribution is -2.07. The fraction of sp³-hybridized carbons (Fsp3) is 0.308. The first-order chi connectivity index (χ1) is 9.69. The minimum Gasteiger partial charge on any atom is -0.372 e. The molecule has 0 saturated carbocycles. The molecular formula is C13H16N6O. The minimum absolute atomic E-state index is 0.601. The fourth-order valence-electron chi connectivity index (χ4n) is 2.10. The van der Waals surface area contributed by atoms with Crippen molar-refractivity contribution in [2.75, 3.05) is 17.7 Å². The quantitative estimate of drug-likeness (QED) is 0.756. The van der Waals surface area contributed by atoms with E-state index in [0.29, 0.717) is 6.54 Å². The van der Waals surface area contributed by atoms with Gasteiger partial charge in [0.25, 0.3) is 0 Å². The molecule has 7 nitrogen and oxygen atoms in total. The number of hydrogen-bond acceptors (Lipinski definition) is 6. The van der Waals surface area contributed by atoms with E-state index in [1.807, 2.05) is 37.7 Å². The van der Waals surface area contributed by atoms with Gasteiger partial charge in [0.1, 0.15) is 11.6 Å². The molecule has 0 amide bonds. The smallest absolute Gasteiger partial charge is 0.180 e. The molecular weight excluding hydrogens is 256 g/mol. The van der Waals surface area contributed by atoms with E-state index in [1.165, 1.54) is 0 Å². The molecule has 3 heterocycles. The second-order valence-electron chi connectivity index (χ2n) is 4.54. The molecule has 0 aliphatic rings. The van der Waals surface area contributed by atoms with Crippen LogP contribution < -0.4 is 10.6 Å². The first-order valence-electron chi connectivity index (χ1n) is 6.36. The van der Waals surface area contributed by atoms with Gasteiger partial charge < -0.3 is 19.6 Å². The largest absolute Gasteiger partial charge is 0.372 e. The van der Waals surface area contributed by atoms with Crippen LogP contribution in [0.4, 0.5) is 11.6 Å². The molecule has 104 valence electrons. The third kappa shape index (κ3) is 2.07. The Labute approximate surface area is 116 Å². The Kier molecular flexibility index (Phi) is 3.02. The predicted molar refractivity (Wildman–Crippen MR) is 75.8 cm³/mol. The molecule has 3 aromatic rings. The summed E-state index contributed by atoms with van der Waals surface area (Å²) < 4.78 is 7.08. The number of nitrogens with zero attached hydrogens (tertiary/aromatic N) is 4. The van der Waals surface area contributed by atoms with E-state index < -0.39 is 0 Å². The molecule has 0 radical (unpaired) electrons. The van der Waals surface area contributed by atoms with Crippen LogP contribution in [-0.4, -0.2) is 26.6 Å². The number of nitrogens with one attached hydrogen (secondary N) is 2. The van der Waals surface area contributed by atoms with E-state index in [2.05, 4.69) is 25.8 Å². The Morgan fingerprint density at radius 1 is 1.35 bits per heavy atom. The van der Waals surface area contributed by atoms with E-state index >= 15 is 0 Å². The first-order valence-corrected chi connectivity index (χ1v) is 6.36. The molecule has 0 aliphatic carbocycles. The van der Waals surface area contributed by atoms with Gasteiger partial charge in [-0.2, -0.15) is 0 Å². The van der Waals surface area contributed by atoms with Crippen LogP contribution in [0, 0.1) is 13.8 Å². The highest BCUT2D eigenvalue weighted by Gasteiger charge is 2.11. The van der Waals surface area contributed by atoms with E-state index in [9.17, 15) is 0 Å². The normalized spacial score (nSPS) is 10.9. The number of rotatable bonds is 4. The molecule has 20 heavy (non-hydrogen) atoms. The van der Waals surface area contributed by atoms with Gasteiger partial charge in [-0.3, -0.25) is 0 Å². The van der Waals surface area contributed by atoms with Crippen molar-refractivity contribution in [3.63, 3.8) is 0 Å². The summed E-state index contributed by atoms with van der Waals surface area (Å²) in [5.74, 6) is 2.32. The molecule has 0 aromatic carbocycles. The van der Waals surface area contributed by atoms with Crippen LogP contribution in [0.3, 0.4) is 0 Å². The van der Waals surface area contributed by atoms with Gasteiger partial charge in [-0.15, -0.1) is 0 Å². The number of aryl methyl sites for hydroxylation is 2. The lowest BCUT2D eigenvalue weighted by molar-refractivity contribution is 0.392. The molecule has 2 N–H and O–H groups in total. The van der Waals surface area contributed by atoms with Gasteiger partial charge in [0.05, 0.1) is 11.9 Å². The molecule has 0 saturated heterocycles. The fourth-order valence-corrected chi connectivity index (χ4v) is 2.10. The Balaban J connectivity index is 1.92. The average Bonchev–Trinajstić information content (AvgIpc) is 3.04. The SMILES string of the molecule is CNc1cn2ccnc2c(NCc2c(C)noc2C)n1. The van der Waals surface area contributed by atoms with Crippen molar-refractivity contribution in [3.05, 3.63) is 35.6 Å². The van der Waals surface area contributed by atoms with Gasteiger partial charge in [-0.25, -0.2) is 9.97 Å². The van der Waals surface area contributed by atoms with E-state index in [0.717, 1.165) is 34.3 Å². The first kappa shape index (κ1) is 12.5. The highest BCUT2D eigenvalue weighted by atomic mass is 16.5. The molecule has 3 aromatic heterocycles. The van der Waals surface area contributed by atoms with E-state index in [-0.39, 0.29) is 0 Å². The number of aromatic nitrogens is 4. The lowest BCUT2D eigenvalue weighted by Gasteiger charge is -2.09. The summed E-state index contributed by atoms with van der Waals surface area (Å²) in [7, 11) is 1.84. The molecule has 0 bridgehead atoms. The zero-order valence-corrected chi connectivity index (χ0v) is 11.6. The van der Waals surface area contributed by atoms with Crippen molar-refractivity contribution in [3.8, 4) is 0 Å². The maximum Gasteiger partial charge on any atom is 0.180 e. The second-order valence-corrected chi connectivity index (χ2v) is 4.54. The summed E-state index contributed by atoms with van der Waals surface area (Å²) in [4.78, 5) is 8.80. The third-order valence-corrected chi connectivity index (χ3v) is 3.24. The van der Waals surface area contributed by atoms with Crippen molar-refractivity contribution < 1.29 is 4.52 Å². The van der Waals surface area contributed by atoms with Crippen LogP contribution >= 0.6 is 0 Å². The summed E-state index contributed by atoms with van der Waals surface area (Å²) in [6.45, 7) is 4.43. The van der Waals surface area contributed by atoms with E-state index in [4.69, 9.17) is 4.52 Å². The van der Waals surface area contributed by atoms with Gasteiger partial charge in [-0.1, -0.05) is 5.16 Å². The average molecular weight is 272 g/mol. The van der Waals surface area contributed by atoms with Gasteiger partial charge >= 0.3 is 0 Å². The van der Waals surface area contributed by atoms with Crippen molar-refractivity contribution in [2.45, 2.75) is 20.4 Å². The molecule has 7 heteroatoms. The topological polar surface area (TPSA) is 80.3 Å². The number of fused-ring (bicyclic) bond motifs is 1. The number of hydrogen-bond donors (Lipinski definition) is 2. The Bertz CT molecular complexity index is 725. The highest BCUT2D eigenvalue weighted by molar-refractivity contribution is 5.65. The minimum atomic E-state index is 0.601. The van der Waals surface area contributed by atoms with Crippen LogP contribution in [0.15, 0.2) is 23.1 Å². The van der Waals surface area contributed by atoms with Crippen molar-refractivity contribution in [1.82, 2.24) is 19.5 Å². The van der Waals surface area contributed by atoms with Crippen LogP contribution in [0.25, 0.3) is 5.65 Å². The molecule has 0 fully saturated rings. The zero-order valence-electron chi connectivity index (χ0n) is 11.6. The molecule has 0 atom stereocenters. The Morgan fingerprint density at radius 3 is 2.90 bits per heavy atom. The lowest BCUT2D eigenvalue weighted by atomic mass is 10.2. The van der Waals surface area contributed by atoms with Gasteiger partial charge in [0.15, 0.2) is 11.5 Å². The Hall–Kier alpha value is -2.57. The van der Waals surface area contributed by atoms with Gasteiger partial charge in [0.2, 0.25) is 0 Å². The van der Waals surface area contributed by atoms with Crippen LogP contribution in [0.2, 0.25) is 0 Å². The van der Waals surface area contributed by atoms with Crippen LogP contribution in [-0.2, 0) is 6.54 Å². The predicted octanol–water partition coefficient (Wildman–Crippen LogP) is 1.99. The summed E-state index contributed by atoms with van der Waals surface area (Å²) in [6, 6.07) is 0. The Morgan fingerprint density at radius 2 is 2.20 bits per heavy atom. The highest BCUT2D eigenvalue weighted by Crippen LogP contribution is 2.19. The summed E-state index contributed by atoms with van der Waals surface area (Å²) in [6.07, 6.45) is 5.53.